The second-order valence-corrected chi connectivity index (χ2v) is 6.53. The summed E-state index contributed by atoms with van der Waals surface area (Å²) in [6.07, 6.45) is 1.17. The van der Waals surface area contributed by atoms with Gasteiger partial charge in [-0.2, -0.15) is 5.26 Å². The third-order valence-corrected chi connectivity index (χ3v) is 4.38. The Labute approximate surface area is 130 Å². The van der Waals surface area contributed by atoms with Gasteiger partial charge in [-0.1, -0.05) is 15.9 Å². The summed E-state index contributed by atoms with van der Waals surface area (Å²) in [5.41, 5.74) is 2.71. The standard InChI is InChI=1S/C12H10BrN5O2S/c13-9-1-3-11(8(5-9)6-14)18-21(19,20)10-2-4-12(17-15)16-7-10/h1-5,7,18H,15H2,(H,16,17). The van der Waals surface area contributed by atoms with E-state index in [9.17, 15) is 8.42 Å². The second-order valence-electron chi connectivity index (χ2n) is 3.93. The molecule has 9 heteroatoms. The highest BCUT2D eigenvalue weighted by molar-refractivity contribution is 9.10. The number of anilines is 2. The zero-order valence-corrected chi connectivity index (χ0v) is 12.9. The molecule has 0 spiro atoms. The minimum atomic E-state index is -3.83. The van der Waals surface area contributed by atoms with Crippen molar-refractivity contribution in [3.05, 3.63) is 46.6 Å². The lowest BCUT2D eigenvalue weighted by molar-refractivity contribution is 0.601. The number of aromatic nitrogens is 1. The lowest BCUT2D eigenvalue weighted by Crippen LogP contribution is -2.15. The zero-order valence-electron chi connectivity index (χ0n) is 10.5. The van der Waals surface area contributed by atoms with Crippen molar-refractivity contribution in [1.82, 2.24) is 4.98 Å². The van der Waals surface area contributed by atoms with Crippen molar-refractivity contribution < 1.29 is 8.42 Å². The van der Waals surface area contributed by atoms with E-state index in [-0.39, 0.29) is 16.1 Å². The maximum absolute atomic E-state index is 12.2. The summed E-state index contributed by atoms with van der Waals surface area (Å²) >= 11 is 3.22. The summed E-state index contributed by atoms with van der Waals surface area (Å²) in [7, 11) is -3.83. The Kier molecular flexibility index (Phi) is 4.42. The molecule has 4 N–H and O–H groups in total. The highest BCUT2D eigenvalue weighted by Gasteiger charge is 2.16. The third-order valence-electron chi connectivity index (χ3n) is 2.54. The normalized spacial score (nSPS) is 10.7. The molecule has 1 aromatic carbocycles. The van der Waals surface area contributed by atoms with E-state index in [1.807, 2.05) is 6.07 Å². The second kappa shape index (κ2) is 6.09. The molecule has 0 bridgehead atoms. The van der Waals surface area contributed by atoms with E-state index in [0.717, 1.165) is 0 Å². The molecule has 108 valence electrons. The minimum absolute atomic E-state index is 0.0340. The van der Waals surface area contributed by atoms with Crippen LogP contribution in [-0.4, -0.2) is 13.4 Å². The van der Waals surface area contributed by atoms with Gasteiger partial charge in [-0.3, -0.25) is 4.72 Å². The number of nitrogens with two attached hydrogens (primary N) is 1. The maximum Gasteiger partial charge on any atom is 0.263 e. The molecule has 0 unspecified atom stereocenters. The maximum atomic E-state index is 12.2. The molecular formula is C12H10BrN5O2S. The SMILES string of the molecule is N#Cc1cc(Br)ccc1NS(=O)(=O)c1ccc(NN)nc1. The molecule has 0 fully saturated rings. The average Bonchev–Trinajstić information content (AvgIpc) is 2.49. The predicted molar refractivity (Wildman–Crippen MR) is 81.7 cm³/mol. The fourth-order valence-corrected chi connectivity index (χ4v) is 2.91. The Hall–Kier alpha value is -2.15. The molecule has 0 aliphatic heterocycles. The number of nitrogen functional groups attached to an aromatic ring is 1. The van der Waals surface area contributed by atoms with Crippen LogP contribution >= 0.6 is 15.9 Å². The predicted octanol–water partition coefficient (Wildman–Crippen LogP) is 1.80. The largest absolute Gasteiger partial charge is 0.308 e. The van der Waals surface area contributed by atoms with Crippen molar-refractivity contribution in [1.29, 1.82) is 5.26 Å². The monoisotopic (exact) mass is 367 g/mol. The summed E-state index contributed by atoms with van der Waals surface area (Å²) in [4.78, 5) is 3.80. The van der Waals surface area contributed by atoms with Gasteiger partial charge in [0.2, 0.25) is 0 Å². The number of hydrazine groups is 1. The Bertz CT molecular complexity index is 799. The highest BCUT2D eigenvalue weighted by Crippen LogP contribution is 2.23. The molecule has 1 heterocycles. The lowest BCUT2D eigenvalue weighted by atomic mass is 10.2. The van der Waals surface area contributed by atoms with Gasteiger partial charge in [0.05, 0.1) is 11.3 Å². The first-order chi connectivity index (χ1) is 9.96. The van der Waals surface area contributed by atoms with E-state index in [0.29, 0.717) is 10.3 Å². The number of benzene rings is 1. The third kappa shape index (κ3) is 3.49. The number of pyridine rings is 1. The molecule has 2 aromatic rings. The molecule has 0 amide bonds. The molecular weight excluding hydrogens is 358 g/mol. The van der Waals surface area contributed by atoms with E-state index >= 15 is 0 Å². The van der Waals surface area contributed by atoms with Crippen LogP contribution in [-0.2, 0) is 10.0 Å². The van der Waals surface area contributed by atoms with Crippen LogP contribution in [0.1, 0.15) is 5.56 Å². The number of rotatable bonds is 4. The van der Waals surface area contributed by atoms with E-state index in [1.54, 1.807) is 6.07 Å². The van der Waals surface area contributed by atoms with Gasteiger partial charge >= 0.3 is 0 Å². The summed E-state index contributed by atoms with van der Waals surface area (Å²) in [6.45, 7) is 0. The van der Waals surface area contributed by atoms with Crippen LogP contribution in [0.25, 0.3) is 0 Å². The number of nitrogens with zero attached hydrogens (tertiary/aromatic N) is 2. The number of nitrogens with one attached hydrogen (secondary N) is 2. The molecule has 0 radical (unpaired) electrons. The number of nitriles is 1. The highest BCUT2D eigenvalue weighted by atomic mass is 79.9. The van der Waals surface area contributed by atoms with Gasteiger partial charge in [0, 0.05) is 10.7 Å². The van der Waals surface area contributed by atoms with Crippen LogP contribution in [0.2, 0.25) is 0 Å². The summed E-state index contributed by atoms with van der Waals surface area (Å²) in [5.74, 6) is 5.51. The van der Waals surface area contributed by atoms with Crippen LogP contribution in [0.3, 0.4) is 0 Å². The topological polar surface area (TPSA) is 121 Å². The Morgan fingerprint density at radius 2 is 2.05 bits per heavy atom. The van der Waals surface area contributed by atoms with E-state index < -0.39 is 10.0 Å². The van der Waals surface area contributed by atoms with Crippen LogP contribution in [0, 0.1) is 11.3 Å². The van der Waals surface area contributed by atoms with Crippen molar-refractivity contribution in [2.75, 3.05) is 10.1 Å². The lowest BCUT2D eigenvalue weighted by Gasteiger charge is -2.10. The smallest absolute Gasteiger partial charge is 0.263 e. The summed E-state index contributed by atoms with van der Waals surface area (Å²) in [6, 6.07) is 9.38. The first-order valence-corrected chi connectivity index (χ1v) is 7.89. The van der Waals surface area contributed by atoms with Gasteiger partial charge in [-0.15, -0.1) is 0 Å². The first-order valence-electron chi connectivity index (χ1n) is 5.61. The van der Waals surface area contributed by atoms with Gasteiger partial charge in [-0.25, -0.2) is 19.2 Å². The number of hydrogen-bond donors (Lipinski definition) is 3. The van der Waals surface area contributed by atoms with Crippen LogP contribution in [0.15, 0.2) is 45.9 Å². The molecule has 0 saturated heterocycles. The summed E-state index contributed by atoms with van der Waals surface area (Å²) < 4.78 is 27.5. The molecule has 2 rings (SSSR count). The first kappa shape index (κ1) is 15.2. The molecule has 0 aliphatic rings. The van der Waals surface area contributed by atoms with Crippen molar-refractivity contribution in [3.8, 4) is 6.07 Å². The molecule has 0 saturated carbocycles. The van der Waals surface area contributed by atoms with E-state index in [2.05, 4.69) is 31.1 Å². The number of sulfonamides is 1. The Balaban J connectivity index is 2.35. The van der Waals surface area contributed by atoms with Crippen molar-refractivity contribution in [2.24, 2.45) is 5.84 Å². The average molecular weight is 368 g/mol. The van der Waals surface area contributed by atoms with E-state index in [4.69, 9.17) is 11.1 Å². The molecule has 0 atom stereocenters. The fourth-order valence-electron chi connectivity index (χ4n) is 1.53. The fraction of sp³-hybridized carbons (Fsp3) is 0. The van der Waals surface area contributed by atoms with Crippen molar-refractivity contribution in [2.45, 2.75) is 4.90 Å². The van der Waals surface area contributed by atoms with Crippen LogP contribution in [0.4, 0.5) is 11.5 Å². The molecule has 7 nitrogen and oxygen atoms in total. The number of halogens is 1. The Morgan fingerprint density at radius 3 is 2.62 bits per heavy atom. The van der Waals surface area contributed by atoms with Gasteiger partial charge in [0.25, 0.3) is 10.0 Å². The van der Waals surface area contributed by atoms with Crippen molar-refractivity contribution in [3.63, 3.8) is 0 Å². The van der Waals surface area contributed by atoms with Crippen molar-refractivity contribution >= 4 is 37.5 Å². The number of hydrogen-bond acceptors (Lipinski definition) is 6. The Morgan fingerprint density at radius 1 is 1.29 bits per heavy atom. The van der Waals surface area contributed by atoms with Gasteiger partial charge in [0.15, 0.2) is 0 Å². The molecule has 1 aromatic heterocycles. The zero-order chi connectivity index (χ0) is 15.5. The van der Waals surface area contributed by atoms with E-state index in [1.165, 1.54) is 30.5 Å². The van der Waals surface area contributed by atoms with Gasteiger partial charge in [-0.05, 0) is 30.3 Å². The molecule has 0 aliphatic carbocycles. The van der Waals surface area contributed by atoms with Gasteiger partial charge < -0.3 is 5.43 Å². The quantitative estimate of drug-likeness (QED) is 0.559. The van der Waals surface area contributed by atoms with Crippen LogP contribution < -0.4 is 16.0 Å². The summed E-state index contributed by atoms with van der Waals surface area (Å²) in [5, 5.41) is 9.04. The minimum Gasteiger partial charge on any atom is -0.308 e. The van der Waals surface area contributed by atoms with Crippen LogP contribution in [0.5, 0.6) is 0 Å². The molecule has 21 heavy (non-hydrogen) atoms. The van der Waals surface area contributed by atoms with Gasteiger partial charge in [0.1, 0.15) is 16.8 Å².